The lowest BCUT2D eigenvalue weighted by atomic mass is 9.72. The number of halogens is 1. The minimum atomic E-state index is -0.919. The van der Waals surface area contributed by atoms with Gasteiger partial charge in [0.05, 0.1) is 11.3 Å². The predicted molar refractivity (Wildman–Crippen MR) is 101 cm³/mol. The first kappa shape index (κ1) is 18.5. The summed E-state index contributed by atoms with van der Waals surface area (Å²) >= 11 is 6.03. The lowest BCUT2D eigenvalue weighted by Crippen LogP contribution is -2.49. The topological polar surface area (TPSA) is 57.6 Å². The molecule has 0 aliphatic carbocycles. The summed E-state index contributed by atoms with van der Waals surface area (Å²) in [4.78, 5) is 26.7. The maximum atomic E-state index is 12.9. The Kier molecular flexibility index (Phi) is 5.33. The number of carbonyl (C=O) groups excluding carboxylic acids is 1. The monoisotopic (exact) mass is 371 g/mol. The quantitative estimate of drug-likeness (QED) is 0.880. The third-order valence-electron chi connectivity index (χ3n) is 5.38. The van der Waals surface area contributed by atoms with E-state index in [1.807, 2.05) is 49.4 Å². The van der Waals surface area contributed by atoms with Crippen molar-refractivity contribution in [2.75, 3.05) is 13.1 Å². The van der Waals surface area contributed by atoms with Crippen LogP contribution in [0.2, 0.25) is 5.02 Å². The van der Waals surface area contributed by atoms with Crippen molar-refractivity contribution in [3.05, 3.63) is 70.7 Å². The van der Waals surface area contributed by atoms with E-state index < -0.39 is 11.4 Å². The average Bonchev–Trinajstić information content (AvgIpc) is 2.67. The zero-order valence-electron chi connectivity index (χ0n) is 14.7. The van der Waals surface area contributed by atoms with Crippen LogP contribution in [0.5, 0.6) is 0 Å². The summed E-state index contributed by atoms with van der Waals surface area (Å²) in [5.74, 6) is -1.11. The molecular formula is C21H22ClNO3. The van der Waals surface area contributed by atoms with Crippen LogP contribution in [0.25, 0.3) is 0 Å². The van der Waals surface area contributed by atoms with E-state index in [0.29, 0.717) is 31.0 Å². The van der Waals surface area contributed by atoms with Crippen molar-refractivity contribution in [2.45, 2.75) is 31.1 Å². The molecule has 1 fully saturated rings. The summed E-state index contributed by atoms with van der Waals surface area (Å²) in [5.41, 5.74) is 0.764. The van der Waals surface area contributed by atoms with Gasteiger partial charge in [0, 0.05) is 18.1 Å². The number of hydrogen-bond acceptors (Lipinski definition) is 2. The van der Waals surface area contributed by atoms with Gasteiger partial charge in [0.2, 0.25) is 5.91 Å². The van der Waals surface area contributed by atoms with Crippen LogP contribution in [-0.4, -0.2) is 35.0 Å². The van der Waals surface area contributed by atoms with Crippen LogP contribution >= 0.6 is 11.6 Å². The number of likely N-dealkylation sites (tertiary alicyclic amines) is 1. The van der Waals surface area contributed by atoms with E-state index in [2.05, 4.69) is 0 Å². The third kappa shape index (κ3) is 3.47. The normalized spacial score (nSPS) is 17.5. The summed E-state index contributed by atoms with van der Waals surface area (Å²) < 4.78 is 0. The second-order valence-corrected chi connectivity index (χ2v) is 7.29. The molecule has 0 spiro atoms. The first-order valence-electron chi connectivity index (χ1n) is 8.77. The van der Waals surface area contributed by atoms with Gasteiger partial charge in [-0.25, -0.2) is 0 Å². The molecule has 0 aromatic heterocycles. The van der Waals surface area contributed by atoms with Gasteiger partial charge in [-0.1, -0.05) is 54.1 Å². The second kappa shape index (κ2) is 7.50. The molecule has 1 saturated heterocycles. The van der Waals surface area contributed by atoms with Gasteiger partial charge < -0.3 is 10.0 Å². The van der Waals surface area contributed by atoms with Crippen LogP contribution in [0.15, 0.2) is 54.6 Å². The first-order chi connectivity index (χ1) is 12.4. The van der Waals surface area contributed by atoms with Crippen molar-refractivity contribution in [1.29, 1.82) is 0 Å². The van der Waals surface area contributed by atoms with E-state index in [9.17, 15) is 14.7 Å². The Bertz CT molecular complexity index is 798. The number of aliphatic carboxylic acids is 1. The molecule has 3 rings (SSSR count). The molecule has 1 heterocycles. The Morgan fingerprint density at radius 3 is 2.31 bits per heavy atom. The highest BCUT2D eigenvalue weighted by molar-refractivity contribution is 6.30. The summed E-state index contributed by atoms with van der Waals surface area (Å²) in [6, 6.07) is 16.6. The highest BCUT2D eigenvalue weighted by Crippen LogP contribution is 2.36. The Labute approximate surface area is 158 Å². The van der Waals surface area contributed by atoms with Crippen molar-refractivity contribution in [2.24, 2.45) is 0 Å². The number of nitrogens with zero attached hydrogens (tertiary/aromatic N) is 1. The molecule has 1 atom stereocenters. The van der Waals surface area contributed by atoms with E-state index in [1.165, 1.54) is 0 Å². The smallest absolute Gasteiger partial charge is 0.314 e. The highest BCUT2D eigenvalue weighted by atomic mass is 35.5. The summed E-state index contributed by atoms with van der Waals surface area (Å²) in [7, 11) is 0. The summed E-state index contributed by atoms with van der Waals surface area (Å²) in [6.07, 6.45) is 0.834. The number of rotatable bonds is 4. The van der Waals surface area contributed by atoms with Gasteiger partial charge in [0.25, 0.3) is 0 Å². The summed E-state index contributed by atoms with van der Waals surface area (Å²) in [6.45, 7) is 2.74. The van der Waals surface area contributed by atoms with Crippen LogP contribution in [0.1, 0.15) is 36.8 Å². The Morgan fingerprint density at radius 1 is 1.08 bits per heavy atom. The van der Waals surface area contributed by atoms with Gasteiger partial charge in [-0.3, -0.25) is 9.59 Å². The van der Waals surface area contributed by atoms with Gasteiger partial charge in [-0.15, -0.1) is 0 Å². The predicted octanol–water partition coefficient (Wildman–Crippen LogP) is 4.09. The molecule has 0 radical (unpaired) electrons. The Hall–Kier alpha value is -2.33. The maximum Gasteiger partial charge on any atom is 0.314 e. The van der Waals surface area contributed by atoms with Gasteiger partial charge in [-0.2, -0.15) is 0 Å². The number of benzene rings is 2. The van der Waals surface area contributed by atoms with Crippen molar-refractivity contribution in [1.82, 2.24) is 4.90 Å². The maximum absolute atomic E-state index is 12.9. The molecule has 0 saturated carbocycles. The number of piperidine rings is 1. The minimum absolute atomic E-state index is 0.0133. The average molecular weight is 372 g/mol. The molecule has 26 heavy (non-hydrogen) atoms. The van der Waals surface area contributed by atoms with Gasteiger partial charge in [0.1, 0.15) is 0 Å². The third-order valence-corrected chi connectivity index (χ3v) is 5.62. The molecule has 136 valence electrons. The van der Waals surface area contributed by atoms with E-state index in [0.717, 1.165) is 11.1 Å². The largest absolute Gasteiger partial charge is 0.481 e. The highest BCUT2D eigenvalue weighted by Gasteiger charge is 2.44. The van der Waals surface area contributed by atoms with E-state index in [-0.39, 0.29) is 11.8 Å². The number of hydrogen-bond donors (Lipinski definition) is 1. The van der Waals surface area contributed by atoms with Crippen LogP contribution in [-0.2, 0) is 15.0 Å². The summed E-state index contributed by atoms with van der Waals surface area (Å²) in [5, 5.41) is 10.5. The van der Waals surface area contributed by atoms with Crippen molar-refractivity contribution in [3.63, 3.8) is 0 Å². The lowest BCUT2D eigenvalue weighted by molar-refractivity contribution is -0.148. The van der Waals surface area contributed by atoms with E-state index >= 15 is 0 Å². The number of carbonyl (C=O) groups is 2. The van der Waals surface area contributed by atoms with Gasteiger partial charge in [0.15, 0.2) is 0 Å². The molecular weight excluding hydrogens is 350 g/mol. The number of carboxylic acid groups (broad SMARTS) is 1. The zero-order chi connectivity index (χ0) is 18.7. The Balaban J connectivity index is 1.74. The van der Waals surface area contributed by atoms with Gasteiger partial charge >= 0.3 is 5.97 Å². The molecule has 2 aromatic rings. The fourth-order valence-corrected chi connectivity index (χ4v) is 3.88. The van der Waals surface area contributed by atoms with Crippen molar-refractivity contribution < 1.29 is 14.7 Å². The van der Waals surface area contributed by atoms with Crippen LogP contribution < -0.4 is 0 Å². The lowest BCUT2D eigenvalue weighted by Gasteiger charge is -2.40. The fourth-order valence-electron chi connectivity index (χ4n) is 3.68. The van der Waals surface area contributed by atoms with Crippen molar-refractivity contribution in [3.8, 4) is 0 Å². The second-order valence-electron chi connectivity index (χ2n) is 6.86. The van der Waals surface area contributed by atoms with E-state index in [4.69, 9.17) is 11.6 Å². The van der Waals surface area contributed by atoms with Crippen LogP contribution in [0, 0.1) is 0 Å². The number of amides is 1. The van der Waals surface area contributed by atoms with Gasteiger partial charge in [-0.05, 0) is 43.0 Å². The standard InChI is InChI=1S/C21H22ClNO3/c1-15(16-6-5-9-18(22)14-16)19(24)23-12-10-21(11-13-23,20(25)26)17-7-3-2-4-8-17/h2-9,14-15H,10-13H2,1H3,(H,25,26). The van der Waals surface area contributed by atoms with Crippen molar-refractivity contribution >= 4 is 23.5 Å². The first-order valence-corrected chi connectivity index (χ1v) is 9.15. The molecule has 1 aliphatic rings. The molecule has 1 unspecified atom stereocenters. The van der Waals surface area contributed by atoms with E-state index in [1.54, 1.807) is 17.0 Å². The van der Waals surface area contributed by atoms with Crippen LogP contribution in [0.3, 0.4) is 0 Å². The molecule has 1 aliphatic heterocycles. The molecule has 0 bridgehead atoms. The molecule has 5 heteroatoms. The number of carboxylic acids is 1. The molecule has 1 N–H and O–H groups in total. The minimum Gasteiger partial charge on any atom is -0.481 e. The molecule has 2 aromatic carbocycles. The zero-order valence-corrected chi connectivity index (χ0v) is 15.4. The fraction of sp³-hybridized carbons (Fsp3) is 0.333. The molecule has 1 amide bonds. The SMILES string of the molecule is CC(C(=O)N1CCC(C(=O)O)(c2ccccc2)CC1)c1cccc(Cl)c1. The van der Waals surface area contributed by atoms with Crippen LogP contribution in [0.4, 0.5) is 0 Å². The Morgan fingerprint density at radius 2 is 1.73 bits per heavy atom. The molecule has 4 nitrogen and oxygen atoms in total.